The first-order chi connectivity index (χ1) is 11.5. The number of carbonyl (C=O) groups is 3. The van der Waals surface area contributed by atoms with Crippen LogP contribution in [-0.2, 0) is 14.3 Å². The van der Waals surface area contributed by atoms with Crippen molar-refractivity contribution in [3.05, 3.63) is 29.8 Å². The molecule has 6 nitrogen and oxygen atoms in total. The fourth-order valence-electron chi connectivity index (χ4n) is 4.15. The maximum atomic E-state index is 12.6. The molecule has 0 aromatic heterocycles. The second-order valence-corrected chi connectivity index (χ2v) is 6.51. The fraction of sp³-hybridized carbons (Fsp3) is 0.500. The smallest absolute Gasteiger partial charge is 0.338 e. The summed E-state index contributed by atoms with van der Waals surface area (Å²) in [5, 5.41) is 12.2. The van der Waals surface area contributed by atoms with Crippen LogP contribution in [0.2, 0.25) is 0 Å². The zero-order valence-electron chi connectivity index (χ0n) is 13.5. The first kappa shape index (κ1) is 16.5. The Morgan fingerprint density at radius 3 is 2.33 bits per heavy atom. The van der Waals surface area contributed by atoms with Crippen LogP contribution in [0.1, 0.15) is 36.5 Å². The second kappa shape index (κ2) is 6.63. The fourth-order valence-corrected chi connectivity index (χ4v) is 4.15. The Balaban J connectivity index is 1.68. The molecule has 0 spiro atoms. The molecule has 2 aliphatic carbocycles. The quantitative estimate of drug-likeness (QED) is 0.809. The summed E-state index contributed by atoms with van der Waals surface area (Å²) in [5.74, 6) is -2.29. The van der Waals surface area contributed by atoms with Crippen LogP contribution in [0.15, 0.2) is 24.3 Å². The number of hydrogen-bond donors (Lipinski definition) is 2. The number of esters is 1. The standard InChI is InChI=1S/C18H21NO5/c1-2-24-18(23)10-5-7-13(8-6-10)19-16(20)14-11-3-4-12(9-11)15(14)17(21)22/h5-8,11-12,14-15H,2-4,9H2,1H3,(H,19,20)(H,21,22)/t11-,12-,14+,15-/m0/s1. The predicted molar refractivity (Wildman–Crippen MR) is 86.5 cm³/mol. The molecule has 0 unspecified atom stereocenters. The molecule has 1 aromatic rings. The van der Waals surface area contributed by atoms with Crippen molar-refractivity contribution in [2.75, 3.05) is 11.9 Å². The Bertz CT molecular complexity index is 654. The topological polar surface area (TPSA) is 92.7 Å². The largest absolute Gasteiger partial charge is 0.481 e. The molecule has 0 aliphatic heterocycles. The van der Waals surface area contributed by atoms with Gasteiger partial charge in [-0.15, -0.1) is 0 Å². The molecule has 3 rings (SSSR count). The van der Waals surface area contributed by atoms with Gasteiger partial charge in [-0.05, 0) is 62.3 Å². The molecule has 0 saturated heterocycles. The van der Waals surface area contributed by atoms with Gasteiger partial charge in [0.25, 0.3) is 0 Å². The number of rotatable bonds is 5. The van der Waals surface area contributed by atoms with E-state index in [1.807, 2.05) is 0 Å². The highest BCUT2D eigenvalue weighted by Crippen LogP contribution is 2.52. The van der Waals surface area contributed by atoms with Gasteiger partial charge in [0, 0.05) is 5.69 Å². The van der Waals surface area contributed by atoms with Crippen molar-refractivity contribution in [1.82, 2.24) is 0 Å². The summed E-state index contributed by atoms with van der Waals surface area (Å²) in [5.41, 5.74) is 0.971. The number of nitrogens with one attached hydrogen (secondary N) is 1. The van der Waals surface area contributed by atoms with Crippen LogP contribution in [0.25, 0.3) is 0 Å². The van der Waals surface area contributed by atoms with Crippen LogP contribution in [0.4, 0.5) is 5.69 Å². The monoisotopic (exact) mass is 331 g/mol. The van der Waals surface area contributed by atoms with E-state index in [9.17, 15) is 19.5 Å². The molecule has 6 heteroatoms. The average Bonchev–Trinajstić information content (AvgIpc) is 3.16. The number of anilines is 1. The Morgan fingerprint density at radius 1 is 1.12 bits per heavy atom. The lowest BCUT2D eigenvalue weighted by Gasteiger charge is -2.27. The van der Waals surface area contributed by atoms with Crippen LogP contribution in [-0.4, -0.2) is 29.6 Å². The number of amides is 1. The summed E-state index contributed by atoms with van der Waals surface area (Å²) < 4.78 is 4.91. The lowest BCUT2D eigenvalue weighted by molar-refractivity contribution is -0.148. The third-order valence-corrected chi connectivity index (χ3v) is 5.17. The highest BCUT2D eigenvalue weighted by molar-refractivity contribution is 5.96. The molecule has 2 N–H and O–H groups in total. The van der Waals surface area contributed by atoms with Gasteiger partial charge in [0.15, 0.2) is 0 Å². The van der Waals surface area contributed by atoms with Gasteiger partial charge in [-0.25, -0.2) is 4.79 Å². The molecule has 2 fully saturated rings. The molecule has 0 heterocycles. The van der Waals surface area contributed by atoms with E-state index in [-0.39, 0.29) is 17.7 Å². The van der Waals surface area contributed by atoms with Crippen LogP contribution in [0.5, 0.6) is 0 Å². The molecule has 0 radical (unpaired) electrons. The van der Waals surface area contributed by atoms with Gasteiger partial charge in [-0.3, -0.25) is 9.59 Å². The first-order valence-corrected chi connectivity index (χ1v) is 8.32. The minimum Gasteiger partial charge on any atom is -0.481 e. The number of fused-ring (bicyclic) bond motifs is 2. The van der Waals surface area contributed by atoms with E-state index >= 15 is 0 Å². The van der Waals surface area contributed by atoms with Gasteiger partial charge < -0.3 is 15.2 Å². The summed E-state index contributed by atoms with van der Waals surface area (Å²) in [6, 6.07) is 6.44. The minimum absolute atomic E-state index is 0.120. The predicted octanol–water partition coefficient (Wildman–Crippen LogP) is 2.55. The highest BCUT2D eigenvalue weighted by atomic mass is 16.5. The Hall–Kier alpha value is -2.37. The van der Waals surface area contributed by atoms with Gasteiger partial charge in [-0.2, -0.15) is 0 Å². The Labute approximate surface area is 140 Å². The summed E-state index contributed by atoms with van der Waals surface area (Å²) in [6.07, 6.45) is 2.66. The third-order valence-electron chi connectivity index (χ3n) is 5.17. The van der Waals surface area contributed by atoms with Gasteiger partial charge in [-0.1, -0.05) is 0 Å². The zero-order chi connectivity index (χ0) is 17.3. The number of carboxylic acid groups (broad SMARTS) is 1. The van der Waals surface area contributed by atoms with Crippen molar-refractivity contribution in [2.24, 2.45) is 23.7 Å². The summed E-state index contributed by atoms with van der Waals surface area (Å²) in [7, 11) is 0. The number of ether oxygens (including phenoxy) is 1. The van der Waals surface area contributed by atoms with E-state index in [1.165, 1.54) is 0 Å². The Morgan fingerprint density at radius 2 is 1.75 bits per heavy atom. The van der Waals surface area contributed by atoms with E-state index in [0.29, 0.717) is 17.9 Å². The van der Waals surface area contributed by atoms with Gasteiger partial charge in [0.1, 0.15) is 0 Å². The number of aliphatic carboxylic acids is 1. The van der Waals surface area contributed by atoms with E-state index in [4.69, 9.17) is 4.74 Å². The summed E-state index contributed by atoms with van der Waals surface area (Å²) in [6.45, 7) is 2.04. The maximum absolute atomic E-state index is 12.6. The molecular formula is C18H21NO5. The van der Waals surface area contributed by atoms with E-state index < -0.39 is 23.8 Å². The van der Waals surface area contributed by atoms with E-state index in [2.05, 4.69) is 5.32 Å². The molecule has 128 valence electrons. The molecular weight excluding hydrogens is 310 g/mol. The summed E-state index contributed by atoms with van der Waals surface area (Å²) in [4.78, 5) is 35.7. The van der Waals surface area contributed by atoms with Crippen molar-refractivity contribution in [1.29, 1.82) is 0 Å². The molecule has 2 bridgehead atoms. The third kappa shape index (κ3) is 3.00. The van der Waals surface area contributed by atoms with Crippen molar-refractivity contribution in [2.45, 2.75) is 26.2 Å². The first-order valence-electron chi connectivity index (χ1n) is 8.32. The maximum Gasteiger partial charge on any atom is 0.338 e. The van der Waals surface area contributed by atoms with Crippen LogP contribution >= 0.6 is 0 Å². The molecule has 24 heavy (non-hydrogen) atoms. The highest BCUT2D eigenvalue weighted by Gasteiger charge is 2.53. The van der Waals surface area contributed by atoms with E-state index in [1.54, 1.807) is 31.2 Å². The zero-order valence-corrected chi connectivity index (χ0v) is 13.5. The number of benzene rings is 1. The van der Waals surface area contributed by atoms with Crippen LogP contribution < -0.4 is 5.32 Å². The number of carbonyl (C=O) groups excluding carboxylic acids is 2. The van der Waals surface area contributed by atoms with Crippen LogP contribution in [0, 0.1) is 23.7 Å². The van der Waals surface area contributed by atoms with Crippen molar-refractivity contribution >= 4 is 23.5 Å². The number of carboxylic acids is 1. The van der Waals surface area contributed by atoms with Crippen molar-refractivity contribution in [3.8, 4) is 0 Å². The van der Waals surface area contributed by atoms with Gasteiger partial charge in [0.05, 0.1) is 24.0 Å². The molecule has 4 atom stereocenters. The second-order valence-electron chi connectivity index (χ2n) is 6.51. The SMILES string of the molecule is CCOC(=O)c1ccc(NC(=O)[C@@H]2[C@H]3CC[C@@H](C3)[C@@H]2C(=O)O)cc1. The molecule has 1 aromatic carbocycles. The summed E-state index contributed by atoms with van der Waals surface area (Å²) >= 11 is 0. The van der Waals surface area contributed by atoms with Crippen molar-refractivity contribution in [3.63, 3.8) is 0 Å². The lowest BCUT2D eigenvalue weighted by atomic mass is 9.78. The van der Waals surface area contributed by atoms with Crippen LogP contribution in [0.3, 0.4) is 0 Å². The van der Waals surface area contributed by atoms with Crippen molar-refractivity contribution < 1.29 is 24.2 Å². The lowest BCUT2D eigenvalue weighted by Crippen LogP contribution is -2.37. The van der Waals surface area contributed by atoms with E-state index in [0.717, 1.165) is 19.3 Å². The average molecular weight is 331 g/mol. The number of hydrogen-bond acceptors (Lipinski definition) is 4. The Kier molecular flexibility index (Phi) is 4.55. The van der Waals surface area contributed by atoms with Gasteiger partial charge in [0.2, 0.25) is 5.91 Å². The molecule has 2 saturated carbocycles. The molecule has 2 aliphatic rings. The minimum atomic E-state index is -0.875. The van der Waals surface area contributed by atoms with Gasteiger partial charge >= 0.3 is 11.9 Å². The normalized spacial score (nSPS) is 27.7. The molecule has 1 amide bonds.